The van der Waals surface area contributed by atoms with E-state index in [1.807, 2.05) is 67.7 Å². The first-order valence-electron chi connectivity index (χ1n) is 16.2. The summed E-state index contributed by atoms with van der Waals surface area (Å²) in [6, 6.07) is 14.8. The average molecular weight is 633 g/mol. The Labute approximate surface area is 271 Å². The number of nitrogens with one attached hydrogen (secondary N) is 4. The predicted molar refractivity (Wildman–Crippen MR) is 179 cm³/mol. The number of benzene rings is 2. The van der Waals surface area contributed by atoms with Gasteiger partial charge in [-0.25, -0.2) is 9.59 Å². The van der Waals surface area contributed by atoms with Gasteiger partial charge in [-0.15, -0.1) is 0 Å². The second-order valence-electron chi connectivity index (χ2n) is 13.0. The fourth-order valence-electron chi connectivity index (χ4n) is 5.81. The van der Waals surface area contributed by atoms with E-state index in [2.05, 4.69) is 20.9 Å². The summed E-state index contributed by atoms with van der Waals surface area (Å²) in [4.78, 5) is 59.0. The van der Waals surface area contributed by atoms with Crippen LogP contribution in [0.25, 0.3) is 10.9 Å². The van der Waals surface area contributed by atoms with Crippen LogP contribution in [0.1, 0.15) is 71.3 Å². The molecule has 2 unspecified atom stereocenters. The number of hydrogen-bond acceptors (Lipinski definition) is 6. The molecule has 0 aliphatic carbocycles. The van der Waals surface area contributed by atoms with Gasteiger partial charge in [-0.05, 0) is 83.2 Å². The molecule has 1 aromatic heterocycles. The molecule has 0 saturated carbocycles. The number of aromatic nitrogens is 1. The van der Waals surface area contributed by atoms with Crippen molar-refractivity contribution in [2.45, 2.75) is 83.4 Å². The van der Waals surface area contributed by atoms with E-state index < -0.39 is 41.4 Å². The van der Waals surface area contributed by atoms with Crippen molar-refractivity contribution in [2.24, 2.45) is 11.7 Å². The van der Waals surface area contributed by atoms with Crippen LogP contribution in [0.15, 0.2) is 60.8 Å². The Morgan fingerprint density at radius 2 is 1.74 bits per heavy atom. The van der Waals surface area contributed by atoms with Crippen LogP contribution in [0.4, 0.5) is 10.5 Å². The van der Waals surface area contributed by atoms with Gasteiger partial charge in [0.25, 0.3) is 0 Å². The third kappa shape index (κ3) is 9.32. The maximum atomic E-state index is 14.1. The molecular formula is C35H48N6O5. The Morgan fingerprint density at radius 1 is 1.02 bits per heavy atom. The Morgan fingerprint density at radius 3 is 2.46 bits per heavy atom. The second-order valence-corrected chi connectivity index (χ2v) is 13.0. The summed E-state index contributed by atoms with van der Waals surface area (Å²) >= 11 is 0. The number of likely N-dealkylation sites (tertiary alicyclic amines) is 1. The number of para-hydroxylation sites is 2. The third-order valence-corrected chi connectivity index (χ3v) is 8.25. The van der Waals surface area contributed by atoms with Crippen molar-refractivity contribution >= 4 is 40.4 Å². The monoisotopic (exact) mass is 632 g/mol. The molecule has 1 aliphatic heterocycles. The van der Waals surface area contributed by atoms with Gasteiger partial charge in [0.2, 0.25) is 11.8 Å². The highest BCUT2D eigenvalue weighted by Crippen LogP contribution is 2.29. The smallest absolute Gasteiger partial charge is 0.329 e. The van der Waals surface area contributed by atoms with Gasteiger partial charge in [-0.1, -0.05) is 43.3 Å². The quantitative estimate of drug-likeness (QED) is 0.144. The zero-order valence-corrected chi connectivity index (χ0v) is 27.3. The molecule has 2 aromatic carbocycles. The summed E-state index contributed by atoms with van der Waals surface area (Å²) in [5.41, 5.74) is 7.40. The van der Waals surface area contributed by atoms with Crippen molar-refractivity contribution in [1.29, 1.82) is 0 Å². The molecule has 4 atom stereocenters. The highest BCUT2D eigenvalue weighted by Gasteiger charge is 2.36. The van der Waals surface area contributed by atoms with Crippen LogP contribution in [0.5, 0.6) is 0 Å². The van der Waals surface area contributed by atoms with Crippen LogP contribution in [-0.4, -0.2) is 71.0 Å². The number of hydrogen-bond donors (Lipinski definition) is 5. The average Bonchev–Trinajstić information content (AvgIpc) is 3.47. The minimum absolute atomic E-state index is 0.222. The molecule has 3 aromatic rings. The lowest BCUT2D eigenvalue weighted by Crippen LogP contribution is -2.56. The fraction of sp³-hybridized carbons (Fsp3) is 0.486. The fourth-order valence-corrected chi connectivity index (χ4v) is 5.81. The molecule has 6 N–H and O–H groups in total. The van der Waals surface area contributed by atoms with Crippen LogP contribution >= 0.6 is 0 Å². The largest absolute Gasteiger partial charge is 0.458 e. The van der Waals surface area contributed by atoms with E-state index in [-0.39, 0.29) is 18.5 Å². The number of ether oxygens (including phenoxy) is 1. The Balaban J connectivity index is 1.55. The number of nitrogens with two attached hydrogens (primary N) is 1. The zero-order valence-electron chi connectivity index (χ0n) is 27.3. The van der Waals surface area contributed by atoms with E-state index in [0.717, 1.165) is 16.5 Å². The summed E-state index contributed by atoms with van der Waals surface area (Å²) < 4.78 is 5.63. The van der Waals surface area contributed by atoms with Crippen molar-refractivity contribution in [1.82, 2.24) is 20.5 Å². The summed E-state index contributed by atoms with van der Waals surface area (Å²) in [5, 5.41) is 9.74. The highest BCUT2D eigenvalue weighted by atomic mass is 16.6. The molecular weight excluding hydrogens is 584 g/mol. The molecule has 46 heavy (non-hydrogen) atoms. The number of rotatable bonds is 12. The summed E-state index contributed by atoms with van der Waals surface area (Å²) in [6.45, 7) is 8.43. The molecule has 4 rings (SSSR count). The molecule has 1 saturated heterocycles. The third-order valence-electron chi connectivity index (χ3n) is 8.25. The SMILES string of the molecule is C[C@@H](c1c[nH]c2ccccc12)C(NC(=O)C1CCCN(C(=O)Nc2ccccc2)C1)C(=O)N[C@@H](CCCCN)C(=O)OC(C)(C)C. The van der Waals surface area contributed by atoms with E-state index in [1.54, 1.807) is 25.7 Å². The number of carbonyl (C=O) groups is 4. The highest BCUT2D eigenvalue weighted by molar-refractivity contribution is 5.94. The Bertz CT molecular complexity index is 1480. The lowest BCUT2D eigenvalue weighted by Gasteiger charge is -2.34. The minimum Gasteiger partial charge on any atom is -0.458 e. The van der Waals surface area contributed by atoms with Gasteiger partial charge in [0.1, 0.15) is 17.7 Å². The molecule has 11 nitrogen and oxygen atoms in total. The first-order valence-corrected chi connectivity index (χ1v) is 16.2. The topological polar surface area (TPSA) is 159 Å². The normalized spacial score (nSPS) is 17.1. The van der Waals surface area contributed by atoms with Crippen LogP contribution in [-0.2, 0) is 19.1 Å². The number of piperidine rings is 1. The standard InChI is InChI=1S/C35H48N6O5/c1-23(27-21-37-28-17-9-8-16-26(27)28)30(32(43)39-29(18-10-11-19-36)33(44)46-35(2,3)4)40-31(42)24-13-12-20-41(22-24)34(45)38-25-14-6-5-7-15-25/h5-9,14-17,21,23-24,29-30,37H,10-13,18-20,22,36H2,1-4H3,(H,38,45)(H,39,43)(H,40,42)/t23-,24?,29-,30?/m0/s1. The van der Waals surface area contributed by atoms with Gasteiger partial charge in [-0.2, -0.15) is 0 Å². The Hall–Kier alpha value is -4.38. The molecule has 0 spiro atoms. The number of fused-ring (bicyclic) bond motifs is 1. The Kier molecular flexibility index (Phi) is 11.8. The van der Waals surface area contributed by atoms with Crippen LogP contribution < -0.4 is 21.7 Å². The van der Waals surface area contributed by atoms with Gasteiger partial charge >= 0.3 is 12.0 Å². The summed E-state index contributed by atoms with van der Waals surface area (Å²) in [7, 11) is 0. The van der Waals surface area contributed by atoms with Gasteiger partial charge in [0.15, 0.2) is 0 Å². The first-order chi connectivity index (χ1) is 22.0. The minimum atomic E-state index is -1.00. The van der Waals surface area contributed by atoms with Crippen molar-refractivity contribution in [3.8, 4) is 0 Å². The van der Waals surface area contributed by atoms with Crippen molar-refractivity contribution < 1.29 is 23.9 Å². The summed E-state index contributed by atoms with van der Waals surface area (Å²) in [5.74, 6) is -2.29. The van der Waals surface area contributed by atoms with Crippen LogP contribution in [0.3, 0.4) is 0 Å². The first kappa shape index (κ1) is 34.5. The van der Waals surface area contributed by atoms with E-state index >= 15 is 0 Å². The molecule has 0 radical (unpaired) electrons. The van der Waals surface area contributed by atoms with Gasteiger partial charge < -0.3 is 36.3 Å². The van der Waals surface area contributed by atoms with Crippen molar-refractivity contribution in [2.75, 3.05) is 25.0 Å². The number of esters is 1. The predicted octanol–water partition coefficient (Wildman–Crippen LogP) is 4.66. The van der Waals surface area contributed by atoms with Crippen molar-refractivity contribution in [3.63, 3.8) is 0 Å². The zero-order chi connectivity index (χ0) is 33.3. The molecule has 4 amide bonds. The van der Waals surface area contributed by atoms with E-state index in [4.69, 9.17) is 10.5 Å². The number of unbranched alkanes of at least 4 members (excludes halogenated alkanes) is 1. The molecule has 0 bridgehead atoms. The number of H-pyrrole nitrogens is 1. The van der Waals surface area contributed by atoms with Crippen LogP contribution in [0, 0.1) is 5.92 Å². The maximum absolute atomic E-state index is 14.1. The van der Waals surface area contributed by atoms with Gasteiger partial charge in [0.05, 0.1) is 5.92 Å². The number of amides is 4. The second kappa shape index (κ2) is 15.8. The molecule has 1 aliphatic rings. The van der Waals surface area contributed by atoms with Crippen LogP contribution in [0.2, 0.25) is 0 Å². The maximum Gasteiger partial charge on any atom is 0.329 e. The van der Waals surface area contributed by atoms with E-state index in [9.17, 15) is 19.2 Å². The molecule has 1 fully saturated rings. The molecule has 11 heteroatoms. The van der Waals surface area contributed by atoms with E-state index in [0.29, 0.717) is 50.9 Å². The molecule has 2 heterocycles. The number of nitrogens with zero attached hydrogens (tertiary/aromatic N) is 1. The van der Waals surface area contributed by atoms with Gasteiger partial charge in [0, 0.05) is 41.8 Å². The number of urea groups is 1. The van der Waals surface area contributed by atoms with Gasteiger partial charge in [-0.3, -0.25) is 9.59 Å². The number of aromatic amines is 1. The molecule has 248 valence electrons. The van der Waals surface area contributed by atoms with Crippen molar-refractivity contribution in [3.05, 3.63) is 66.4 Å². The summed E-state index contributed by atoms with van der Waals surface area (Å²) in [6.07, 6.45) is 4.75. The van der Waals surface area contributed by atoms with E-state index in [1.165, 1.54) is 0 Å². The lowest BCUT2D eigenvalue weighted by molar-refractivity contribution is -0.159. The number of anilines is 1. The lowest BCUT2D eigenvalue weighted by atomic mass is 9.90. The number of carbonyl (C=O) groups excluding carboxylic acids is 4.